The third-order valence-electron chi connectivity index (χ3n) is 4.95. The predicted molar refractivity (Wildman–Crippen MR) is 96.8 cm³/mol. The zero-order valence-corrected chi connectivity index (χ0v) is 14.5. The summed E-state index contributed by atoms with van der Waals surface area (Å²) in [5.74, 6) is 1.02. The number of likely N-dealkylation sites (tertiary alicyclic amines) is 2. The van der Waals surface area contributed by atoms with Gasteiger partial charge in [0.05, 0.1) is 18.2 Å². The average molecular weight is 325 g/mol. The summed E-state index contributed by atoms with van der Waals surface area (Å²) in [7, 11) is 0. The molecule has 1 aromatic carbocycles. The first kappa shape index (κ1) is 16.8. The third-order valence-corrected chi connectivity index (χ3v) is 4.95. The fourth-order valence-corrected chi connectivity index (χ4v) is 3.62. The van der Waals surface area contributed by atoms with Crippen LogP contribution in [0.3, 0.4) is 0 Å². The van der Waals surface area contributed by atoms with Gasteiger partial charge in [0.2, 0.25) is 0 Å². The van der Waals surface area contributed by atoms with Gasteiger partial charge in [0.1, 0.15) is 0 Å². The minimum absolute atomic E-state index is 0.652. The van der Waals surface area contributed by atoms with Crippen molar-refractivity contribution in [2.75, 3.05) is 32.7 Å². The lowest BCUT2D eigenvalue weighted by Gasteiger charge is -2.25. The van der Waals surface area contributed by atoms with E-state index in [0.717, 1.165) is 31.2 Å². The van der Waals surface area contributed by atoms with Gasteiger partial charge in [-0.05, 0) is 57.0 Å². The van der Waals surface area contributed by atoms with E-state index in [1.807, 2.05) is 24.3 Å². The van der Waals surface area contributed by atoms with E-state index in [0.29, 0.717) is 18.2 Å². The molecule has 3 rings (SSSR count). The normalized spacial score (nSPS) is 21.9. The Kier molecular flexibility index (Phi) is 5.71. The summed E-state index contributed by atoms with van der Waals surface area (Å²) in [4.78, 5) is 9.85. The van der Waals surface area contributed by atoms with E-state index in [9.17, 15) is 0 Å². The van der Waals surface area contributed by atoms with Gasteiger partial charge in [-0.15, -0.1) is 0 Å². The molecule has 5 nitrogen and oxygen atoms in total. The maximum atomic E-state index is 8.88. The number of nitriles is 1. The molecular formula is C19H27N5. The SMILES string of the molecule is CCNC(=NCc1ccc(C#N)cc1)N1CCC(N2CCCC2)C1. The molecule has 0 saturated carbocycles. The molecule has 5 heteroatoms. The van der Waals surface area contributed by atoms with Gasteiger partial charge >= 0.3 is 0 Å². The highest BCUT2D eigenvalue weighted by Gasteiger charge is 2.30. The Labute approximate surface area is 145 Å². The lowest BCUT2D eigenvalue weighted by Crippen LogP contribution is -2.42. The number of guanidine groups is 1. The quantitative estimate of drug-likeness (QED) is 0.681. The van der Waals surface area contributed by atoms with E-state index < -0.39 is 0 Å². The fourth-order valence-electron chi connectivity index (χ4n) is 3.62. The predicted octanol–water partition coefficient (Wildman–Crippen LogP) is 2.19. The van der Waals surface area contributed by atoms with Crippen molar-refractivity contribution in [2.45, 2.75) is 38.8 Å². The largest absolute Gasteiger partial charge is 0.357 e. The van der Waals surface area contributed by atoms with E-state index in [1.165, 1.54) is 32.4 Å². The Hall–Kier alpha value is -2.06. The van der Waals surface area contributed by atoms with E-state index in [4.69, 9.17) is 10.3 Å². The Morgan fingerprint density at radius 1 is 1.25 bits per heavy atom. The second-order valence-corrected chi connectivity index (χ2v) is 6.61. The summed E-state index contributed by atoms with van der Waals surface area (Å²) in [6, 6.07) is 10.5. The Bertz CT molecular complexity index is 595. The summed E-state index contributed by atoms with van der Waals surface area (Å²) in [5, 5.41) is 12.3. The van der Waals surface area contributed by atoms with Crippen molar-refractivity contribution in [3.63, 3.8) is 0 Å². The van der Waals surface area contributed by atoms with Crippen molar-refractivity contribution in [1.82, 2.24) is 15.1 Å². The van der Waals surface area contributed by atoms with Crippen LogP contribution >= 0.6 is 0 Å². The maximum Gasteiger partial charge on any atom is 0.194 e. The van der Waals surface area contributed by atoms with Crippen LogP contribution in [0, 0.1) is 11.3 Å². The molecule has 1 atom stereocenters. The summed E-state index contributed by atoms with van der Waals surface area (Å²) in [6.45, 7) is 8.34. The van der Waals surface area contributed by atoms with Gasteiger partial charge in [0.15, 0.2) is 5.96 Å². The monoisotopic (exact) mass is 325 g/mol. The van der Waals surface area contributed by atoms with Crippen molar-refractivity contribution in [1.29, 1.82) is 5.26 Å². The fraction of sp³-hybridized carbons (Fsp3) is 0.579. The number of aliphatic imine (C=N–C) groups is 1. The molecule has 0 radical (unpaired) electrons. The highest BCUT2D eigenvalue weighted by Crippen LogP contribution is 2.20. The van der Waals surface area contributed by atoms with Crippen LogP contribution in [0.1, 0.15) is 37.3 Å². The molecule has 128 valence electrons. The first-order chi connectivity index (χ1) is 11.8. The van der Waals surface area contributed by atoms with Crippen molar-refractivity contribution in [3.05, 3.63) is 35.4 Å². The third kappa shape index (κ3) is 4.07. The zero-order chi connectivity index (χ0) is 16.8. The van der Waals surface area contributed by atoms with Crippen LogP contribution in [-0.4, -0.2) is 54.5 Å². The molecule has 0 aromatic heterocycles. The van der Waals surface area contributed by atoms with Gasteiger partial charge in [0, 0.05) is 25.7 Å². The summed E-state index contributed by atoms with van der Waals surface area (Å²) in [5.41, 5.74) is 1.84. The number of benzene rings is 1. The summed E-state index contributed by atoms with van der Waals surface area (Å²) in [6.07, 6.45) is 3.94. The highest BCUT2D eigenvalue weighted by atomic mass is 15.3. The van der Waals surface area contributed by atoms with Gasteiger partial charge in [-0.2, -0.15) is 5.26 Å². The lowest BCUT2D eigenvalue weighted by molar-refractivity contribution is 0.249. The first-order valence-corrected chi connectivity index (χ1v) is 9.06. The topological polar surface area (TPSA) is 54.7 Å². The second kappa shape index (κ2) is 8.16. The van der Waals surface area contributed by atoms with Gasteiger partial charge in [-0.1, -0.05) is 12.1 Å². The van der Waals surface area contributed by atoms with E-state index in [2.05, 4.69) is 28.1 Å². The van der Waals surface area contributed by atoms with Crippen LogP contribution in [0.4, 0.5) is 0 Å². The number of hydrogen-bond acceptors (Lipinski definition) is 3. The molecule has 1 unspecified atom stereocenters. The van der Waals surface area contributed by atoms with E-state index in [-0.39, 0.29) is 0 Å². The van der Waals surface area contributed by atoms with Gasteiger partial charge in [0.25, 0.3) is 0 Å². The number of nitrogens with one attached hydrogen (secondary N) is 1. The van der Waals surface area contributed by atoms with Crippen LogP contribution in [0.5, 0.6) is 0 Å². The highest BCUT2D eigenvalue weighted by molar-refractivity contribution is 5.80. The Morgan fingerprint density at radius 3 is 2.67 bits per heavy atom. The standard InChI is InChI=1S/C19H27N5/c1-2-21-19(22-14-17-7-5-16(13-20)6-8-17)24-12-9-18(15-24)23-10-3-4-11-23/h5-8,18H,2-4,9-12,14-15H2,1H3,(H,21,22). The molecule has 2 aliphatic heterocycles. The van der Waals surface area contributed by atoms with Gasteiger partial charge in [-0.25, -0.2) is 4.99 Å². The minimum Gasteiger partial charge on any atom is -0.357 e. The molecule has 0 amide bonds. The molecule has 2 saturated heterocycles. The molecule has 0 bridgehead atoms. The van der Waals surface area contributed by atoms with Gasteiger partial charge < -0.3 is 10.2 Å². The van der Waals surface area contributed by atoms with Crippen LogP contribution in [0.25, 0.3) is 0 Å². The average Bonchev–Trinajstić information content (AvgIpc) is 3.30. The van der Waals surface area contributed by atoms with E-state index >= 15 is 0 Å². The molecule has 2 heterocycles. The number of rotatable bonds is 4. The van der Waals surface area contributed by atoms with Crippen LogP contribution in [-0.2, 0) is 6.54 Å². The molecule has 1 N–H and O–H groups in total. The van der Waals surface area contributed by atoms with Crippen LogP contribution in [0.15, 0.2) is 29.3 Å². The Morgan fingerprint density at radius 2 is 2.00 bits per heavy atom. The molecular weight excluding hydrogens is 298 g/mol. The maximum absolute atomic E-state index is 8.88. The Balaban J connectivity index is 1.62. The lowest BCUT2D eigenvalue weighted by atomic mass is 10.1. The second-order valence-electron chi connectivity index (χ2n) is 6.61. The van der Waals surface area contributed by atoms with Crippen molar-refractivity contribution >= 4 is 5.96 Å². The number of hydrogen-bond donors (Lipinski definition) is 1. The molecule has 0 aliphatic carbocycles. The van der Waals surface area contributed by atoms with Gasteiger partial charge in [-0.3, -0.25) is 4.90 Å². The van der Waals surface area contributed by atoms with Crippen molar-refractivity contribution < 1.29 is 0 Å². The molecule has 1 aromatic rings. The molecule has 2 fully saturated rings. The minimum atomic E-state index is 0.652. The van der Waals surface area contributed by atoms with E-state index in [1.54, 1.807) is 0 Å². The number of nitrogens with zero attached hydrogens (tertiary/aromatic N) is 4. The molecule has 2 aliphatic rings. The smallest absolute Gasteiger partial charge is 0.194 e. The van der Waals surface area contributed by atoms with Crippen LogP contribution < -0.4 is 5.32 Å². The first-order valence-electron chi connectivity index (χ1n) is 9.06. The summed E-state index contributed by atoms with van der Waals surface area (Å²) >= 11 is 0. The molecule has 24 heavy (non-hydrogen) atoms. The van der Waals surface area contributed by atoms with Crippen molar-refractivity contribution in [3.8, 4) is 6.07 Å². The van der Waals surface area contributed by atoms with Crippen LogP contribution in [0.2, 0.25) is 0 Å². The zero-order valence-electron chi connectivity index (χ0n) is 14.5. The van der Waals surface area contributed by atoms with Crippen molar-refractivity contribution in [2.24, 2.45) is 4.99 Å². The molecule has 0 spiro atoms. The summed E-state index contributed by atoms with van der Waals surface area (Å²) < 4.78 is 0.